The van der Waals surface area contributed by atoms with Crippen LogP contribution >= 0.6 is 0 Å². The number of likely N-dealkylation sites (N-methyl/N-ethyl adjacent to an activating group) is 1. The van der Waals surface area contributed by atoms with Crippen LogP contribution in [0.4, 0.5) is 19.0 Å². The summed E-state index contributed by atoms with van der Waals surface area (Å²) in [6, 6.07) is 4.68. The van der Waals surface area contributed by atoms with E-state index in [1.54, 1.807) is 0 Å². The second kappa shape index (κ2) is 10.8. The van der Waals surface area contributed by atoms with Crippen molar-refractivity contribution in [3.63, 3.8) is 0 Å². The number of ether oxygens (including phenoxy) is 1. The summed E-state index contributed by atoms with van der Waals surface area (Å²) in [7, 11) is 4.17. The van der Waals surface area contributed by atoms with Crippen LogP contribution in [0, 0.1) is 0 Å². The fourth-order valence-electron chi connectivity index (χ4n) is 4.56. The fraction of sp³-hybridized carbons (Fsp3) is 0.773. The van der Waals surface area contributed by atoms with E-state index in [2.05, 4.69) is 45.7 Å². The molecule has 1 atom stereocenters. The number of alkyl halides is 3. The molecule has 2 aliphatic rings. The summed E-state index contributed by atoms with van der Waals surface area (Å²) in [6.45, 7) is 3.83. The number of hydrogen-bond acceptors (Lipinski definition) is 5. The van der Waals surface area contributed by atoms with Crippen LogP contribution in [-0.2, 0) is 17.6 Å². The van der Waals surface area contributed by atoms with Gasteiger partial charge in [0.25, 0.3) is 0 Å². The molecule has 3 rings (SSSR count). The lowest BCUT2D eigenvalue weighted by Gasteiger charge is -2.29. The highest BCUT2D eigenvalue weighted by Gasteiger charge is 2.30. The van der Waals surface area contributed by atoms with Crippen molar-refractivity contribution in [1.29, 1.82) is 0 Å². The number of halogens is 3. The van der Waals surface area contributed by atoms with Crippen molar-refractivity contribution in [1.82, 2.24) is 14.8 Å². The number of rotatable bonds is 10. The standard InChI is InChI=1S/C22H35F3N4O/c1-27-14-11-20(17-27)29(15-16-30-22(23,24)25)13-5-3-4-8-19-10-9-18-7-6-12-28(2)21(18)26-19/h9-10,20H,3-8,11-17H2,1-2H3/t20-/m1/s1. The predicted molar refractivity (Wildman–Crippen MR) is 113 cm³/mol. The molecule has 0 unspecified atom stereocenters. The Morgan fingerprint density at radius 2 is 1.97 bits per heavy atom. The summed E-state index contributed by atoms with van der Waals surface area (Å²) in [6.07, 6.45) is 2.79. The normalized spacial score (nSPS) is 20.2. The van der Waals surface area contributed by atoms with E-state index >= 15 is 0 Å². The largest absolute Gasteiger partial charge is 0.522 e. The fourth-order valence-corrected chi connectivity index (χ4v) is 4.56. The average molecular weight is 429 g/mol. The van der Waals surface area contributed by atoms with E-state index in [9.17, 15) is 13.2 Å². The first-order valence-electron chi connectivity index (χ1n) is 11.1. The lowest BCUT2D eigenvalue weighted by molar-refractivity contribution is -0.325. The second-order valence-corrected chi connectivity index (χ2v) is 8.66. The van der Waals surface area contributed by atoms with Gasteiger partial charge in [0.1, 0.15) is 5.82 Å². The van der Waals surface area contributed by atoms with E-state index in [0.717, 1.165) is 76.2 Å². The molecular weight excluding hydrogens is 393 g/mol. The van der Waals surface area contributed by atoms with Gasteiger partial charge in [0.05, 0.1) is 6.61 Å². The van der Waals surface area contributed by atoms with Gasteiger partial charge in [0.2, 0.25) is 0 Å². The number of pyridine rings is 1. The number of fused-ring (bicyclic) bond motifs is 1. The molecule has 2 aliphatic heterocycles. The lowest BCUT2D eigenvalue weighted by atomic mass is 10.0. The zero-order valence-corrected chi connectivity index (χ0v) is 18.3. The number of hydrogen-bond donors (Lipinski definition) is 0. The van der Waals surface area contributed by atoms with E-state index in [1.807, 2.05) is 0 Å². The molecule has 1 fully saturated rings. The zero-order valence-electron chi connectivity index (χ0n) is 18.3. The molecule has 1 saturated heterocycles. The SMILES string of the molecule is CN1CC[C@@H](N(CCCCCc2ccc3c(n2)N(C)CCC3)CCOC(F)(F)F)C1. The minimum absolute atomic E-state index is 0.295. The Morgan fingerprint density at radius 3 is 2.70 bits per heavy atom. The first-order chi connectivity index (χ1) is 14.3. The van der Waals surface area contributed by atoms with Gasteiger partial charge in [-0.3, -0.25) is 9.64 Å². The van der Waals surface area contributed by atoms with Crippen LogP contribution in [0.2, 0.25) is 0 Å². The Kier molecular flexibility index (Phi) is 8.36. The van der Waals surface area contributed by atoms with Gasteiger partial charge >= 0.3 is 6.36 Å². The molecule has 0 spiro atoms. The molecule has 3 heterocycles. The summed E-state index contributed by atoms with van der Waals surface area (Å²) in [5.74, 6) is 1.12. The Bertz CT molecular complexity index is 670. The van der Waals surface area contributed by atoms with Crippen molar-refractivity contribution in [3.8, 4) is 0 Å². The molecule has 0 amide bonds. The van der Waals surface area contributed by atoms with Gasteiger partial charge in [-0.1, -0.05) is 12.5 Å². The summed E-state index contributed by atoms with van der Waals surface area (Å²) in [5, 5.41) is 0. The van der Waals surface area contributed by atoms with Crippen LogP contribution < -0.4 is 4.90 Å². The lowest BCUT2D eigenvalue weighted by Crippen LogP contribution is -2.40. The van der Waals surface area contributed by atoms with Crippen LogP contribution in [0.3, 0.4) is 0 Å². The minimum atomic E-state index is -4.55. The first kappa shape index (κ1) is 23.3. The molecule has 0 radical (unpaired) electrons. The van der Waals surface area contributed by atoms with Crippen molar-refractivity contribution >= 4 is 5.82 Å². The van der Waals surface area contributed by atoms with E-state index in [-0.39, 0.29) is 6.61 Å². The topological polar surface area (TPSA) is 31.8 Å². The van der Waals surface area contributed by atoms with E-state index in [1.165, 1.54) is 12.0 Å². The zero-order chi connectivity index (χ0) is 21.6. The quantitative estimate of drug-likeness (QED) is 0.531. The molecule has 170 valence electrons. The van der Waals surface area contributed by atoms with Crippen LogP contribution in [0.25, 0.3) is 0 Å². The van der Waals surface area contributed by atoms with Crippen LogP contribution in [0.5, 0.6) is 0 Å². The first-order valence-corrected chi connectivity index (χ1v) is 11.1. The number of aryl methyl sites for hydroxylation is 2. The third kappa shape index (κ3) is 7.10. The van der Waals surface area contributed by atoms with Crippen molar-refractivity contribution in [2.24, 2.45) is 0 Å². The average Bonchev–Trinajstić information content (AvgIpc) is 3.12. The maximum Gasteiger partial charge on any atom is 0.522 e. The maximum absolute atomic E-state index is 12.3. The van der Waals surface area contributed by atoms with Crippen molar-refractivity contribution in [2.45, 2.75) is 57.3 Å². The minimum Gasteiger partial charge on any atom is -0.359 e. The number of anilines is 1. The summed E-state index contributed by atoms with van der Waals surface area (Å²) >= 11 is 0. The maximum atomic E-state index is 12.3. The Morgan fingerprint density at radius 1 is 1.13 bits per heavy atom. The Balaban J connectivity index is 1.41. The van der Waals surface area contributed by atoms with Crippen molar-refractivity contribution in [2.75, 3.05) is 58.3 Å². The van der Waals surface area contributed by atoms with E-state index in [4.69, 9.17) is 4.98 Å². The number of aromatic nitrogens is 1. The Hall–Kier alpha value is -1.38. The van der Waals surface area contributed by atoms with Gasteiger partial charge in [0, 0.05) is 38.4 Å². The third-order valence-electron chi connectivity index (χ3n) is 6.22. The van der Waals surface area contributed by atoms with E-state index < -0.39 is 6.36 Å². The van der Waals surface area contributed by atoms with Crippen LogP contribution in [0.1, 0.15) is 43.4 Å². The monoisotopic (exact) mass is 428 g/mol. The van der Waals surface area contributed by atoms with Crippen molar-refractivity contribution in [3.05, 3.63) is 23.4 Å². The van der Waals surface area contributed by atoms with Gasteiger partial charge in [0.15, 0.2) is 0 Å². The Labute approximate surface area is 178 Å². The smallest absolute Gasteiger partial charge is 0.359 e. The molecule has 8 heteroatoms. The highest BCUT2D eigenvalue weighted by molar-refractivity contribution is 5.49. The van der Waals surface area contributed by atoms with Crippen LogP contribution in [0.15, 0.2) is 12.1 Å². The second-order valence-electron chi connectivity index (χ2n) is 8.66. The molecule has 5 nitrogen and oxygen atoms in total. The van der Waals surface area contributed by atoms with Gasteiger partial charge in [-0.25, -0.2) is 4.98 Å². The van der Waals surface area contributed by atoms with Gasteiger partial charge in [-0.15, -0.1) is 13.2 Å². The van der Waals surface area contributed by atoms with Gasteiger partial charge in [-0.2, -0.15) is 0 Å². The molecule has 0 bridgehead atoms. The molecular formula is C22H35F3N4O. The van der Waals surface area contributed by atoms with Gasteiger partial charge < -0.3 is 9.80 Å². The highest BCUT2D eigenvalue weighted by Crippen LogP contribution is 2.24. The molecule has 0 aromatic carbocycles. The summed E-state index contributed by atoms with van der Waals surface area (Å²) < 4.78 is 41.0. The highest BCUT2D eigenvalue weighted by atomic mass is 19.4. The van der Waals surface area contributed by atoms with Crippen molar-refractivity contribution < 1.29 is 17.9 Å². The van der Waals surface area contributed by atoms with Crippen LogP contribution in [-0.4, -0.2) is 80.6 Å². The molecule has 0 saturated carbocycles. The predicted octanol–water partition coefficient (Wildman–Crippen LogP) is 3.72. The molecule has 0 aliphatic carbocycles. The number of nitrogens with zero attached hydrogens (tertiary/aromatic N) is 4. The van der Waals surface area contributed by atoms with E-state index in [0.29, 0.717) is 12.6 Å². The third-order valence-corrected chi connectivity index (χ3v) is 6.22. The number of unbranched alkanes of at least 4 members (excludes halogenated alkanes) is 2. The summed E-state index contributed by atoms with van der Waals surface area (Å²) in [4.78, 5) is 11.5. The number of likely N-dealkylation sites (tertiary alicyclic amines) is 1. The molecule has 1 aromatic heterocycles. The molecule has 30 heavy (non-hydrogen) atoms. The van der Waals surface area contributed by atoms with Gasteiger partial charge in [-0.05, 0) is 70.3 Å². The molecule has 0 N–H and O–H groups in total. The molecule has 1 aromatic rings. The summed E-state index contributed by atoms with van der Waals surface area (Å²) in [5.41, 5.74) is 2.47.